The lowest BCUT2D eigenvalue weighted by atomic mass is 9.74. The lowest BCUT2D eigenvalue weighted by molar-refractivity contribution is 0.0892. The lowest BCUT2D eigenvalue weighted by Gasteiger charge is -2.40. The molecule has 1 heterocycles. The fourth-order valence-electron chi connectivity index (χ4n) is 4.30. The molecule has 1 N–H and O–H groups in total. The number of amides is 1. The highest BCUT2D eigenvalue weighted by Crippen LogP contribution is 2.45. The minimum Gasteiger partial charge on any atom is -0.339 e. The number of carbonyl (C=O) groups is 1. The molecule has 124 valence electrons. The molecule has 0 atom stereocenters. The smallest absolute Gasteiger partial charge is 0.252 e. The molecule has 1 amide bonds. The van der Waals surface area contributed by atoms with Crippen LogP contribution in [0.2, 0.25) is 0 Å². The highest BCUT2D eigenvalue weighted by atomic mass is 16.1. The second kappa shape index (κ2) is 6.40. The minimum absolute atomic E-state index is 0.0158. The van der Waals surface area contributed by atoms with Gasteiger partial charge < -0.3 is 5.32 Å². The third-order valence-corrected chi connectivity index (χ3v) is 5.77. The molecule has 1 spiro atoms. The van der Waals surface area contributed by atoms with Crippen LogP contribution in [0.3, 0.4) is 0 Å². The van der Waals surface area contributed by atoms with Crippen LogP contribution in [-0.4, -0.2) is 30.6 Å². The highest BCUT2D eigenvalue weighted by Gasteiger charge is 2.40. The first-order valence-electron chi connectivity index (χ1n) is 8.91. The van der Waals surface area contributed by atoms with Gasteiger partial charge in [-0.25, -0.2) is 0 Å². The van der Waals surface area contributed by atoms with Crippen LogP contribution in [0.1, 0.15) is 40.7 Å². The maximum atomic E-state index is 12.2. The number of nitrogens with one attached hydrogen (secondary N) is 1. The van der Waals surface area contributed by atoms with Crippen LogP contribution >= 0.6 is 0 Å². The molecule has 0 aromatic heterocycles. The molecule has 24 heavy (non-hydrogen) atoms. The van der Waals surface area contributed by atoms with Gasteiger partial charge in [0.05, 0.1) is 6.67 Å². The Bertz CT molecular complexity index is 718. The second-order valence-corrected chi connectivity index (χ2v) is 7.09. The van der Waals surface area contributed by atoms with Gasteiger partial charge in [0.25, 0.3) is 5.91 Å². The Labute approximate surface area is 143 Å². The van der Waals surface area contributed by atoms with Crippen molar-refractivity contribution in [3.8, 4) is 0 Å². The van der Waals surface area contributed by atoms with E-state index in [9.17, 15) is 4.79 Å². The molecule has 1 saturated heterocycles. The van der Waals surface area contributed by atoms with E-state index in [0.717, 1.165) is 18.7 Å². The van der Waals surface area contributed by atoms with Crippen LogP contribution in [0.4, 0.5) is 0 Å². The number of likely N-dealkylation sites (tertiary alicyclic amines) is 1. The summed E-state index contributed by atoms with van der Waals surface area (Å²) < 4.78 is 0. The monoisotopic (exact) mass is 320 g/mol. The molecule has 2 aromatic carbocycles. The fourth-order valence-corrected chi connectivity index (χ4v) is 4.30. The van der Waals surface area contributed by atoms with E-state index in [1.54, 1.807) is 11.1 Å². The number of benzene rings is 2. The summed E-state index contributed by atoms with van der Waals surface area (Å²) in [7, 11) is 0. The van der Waals surface area contributed by atoms with Crippen molar-refractivity contribution < 1.29 is 4.79 Å². The van der Waals surface area contributed by atoms with Gasteiger partial charge in [-0.05, 0) is 54.4 Å². The molecule has 3 nitrogen and oxygen atoms in total. The van der Waals surface area contributed by atoms with E-state index in [1.165, 1.54) is 25.7 Å². The predicted molar refractivity (Wildman–Crippen MR) is 96.0 cm³/mol. The van der Waals surface area contributed by atoms with E-state index >= 15 is 0 Å². The first-order chi connectivity index (χ1) is 11.8. The van der Waals surface area contributed by atoms with Crippen molar-refractivity contribution in [2.45, 2.75) is 31.1 Å². The van der Waals surface area contributed by atoms with Gasteiger partial charge in [0.1, 0.15) is 0 Å². The molecule has 2 aliphatic rings. The fraction of sp³-hybridized carbons (Fsp3) is 0.381. The Morgan fingerprint density at radius 3 is 2.46 bits per heavy atom. The summed E-state index contributed by atoms with van der Waals surface area (Å²) >= 11 is 0. The Kier molecular flexibility index (Phi) is 4.11. The number of fused-ring (bicyclic) bond motifs is 2. The summed E-state index contributed by atoms with van der Waals surface area (Å²) in [6.07, 6.45) is 4.91. The number of rotatable bonds is 3. The summed E-state index contributed by atoms with van der Waals surface area (Å²) in [6.45, 7) is 2.76. The van der Waals surface area contributed by atoms with E-state index in [-0.39, 0.29) is 5.91 Å². The van der Waals surface area contributed by atoms with Crippen molar-refractivity contribution in [2.75, 3.05) is 19.8 Å². The standard InChI is InChI=1S/C21H24N2O/c24-20(18-7-2-1-3-8-18)22-16-23-14-12-21(13-15-23)11-10-17-6-4-5-9-19(17)21/h1-9H,10-16H2,(H,22,24). The summed E-state index contributed by atoms with van der Waals surface area (Å²) in [5.41, 5.74) is 4.24. The molecule has 1 aliphatic heterocycles. The van der Waals surface area contributed by atoms with E-state index in [0.29, 0.717) is 12.1 Å². The molecule has 0 bridgehead atoms. The average Bonchev–Trinajstić information content (AvgIpc) is 3.00. The van der Waals surface area contributed by atoms with Gasteiger partial charge in [0, 0.05) is 18.7 Å². The van der Waals surface area contributed by atoms with Crippen molar-refractivity contribution in [1.29, 1.82) is 0 Å². The van der Waals surface area contributed by atoms with Crippen LogP contribution in [0.25, 0.3) is 0 Å². The van der Waals surface area contributed by atoms with Crippen LogP contribution < -0.4 is 5.32 Å². The van der Waals surface area contributed by atoms with E-state index in [4.69, 9.17) is 0 Å². The van der Waals surface area contributed by atoms with Gasteiger partial charge in [0.15, 0.2) is 0 Å². The summed E-state index contributed by atoms with van der Waals surface area (Å²) in [5.74, 6) is 0.0158. The first kappa shape index (κ1) is 15.4. The minimum atomic E-state index is 0.0158. The number of hydrogen-bond acceptors (Lipinski definition) is 2. The zero-order valence-corrected chi connectivity index (χ0v) is 14.0. The number of carbonyl (C=O) groups excluding carboxylic acids is 1. The zero-order valence-electron chi connectivity index (χ0n) is 14.0. The third-order valence-electron chi connectivity index (χ3n) is 5.77. The zero-order chi connectivity index (χ0) is 16.4. The first-order valence-corrected chi connectivity index (χ1v) is 8.91. The second-order valence-electron chi connectivity index (χ2n) is 7.09. The van der Waals surface area contributed by atoms with Crippen molar-refractivity contribution in [2.24, 2.45) is 0 Å². The molecule has 4 rings (SSSR count). The summed E-state index contributed by atoms with van der Waals surface area (Å²) in [5, 5.41) is 3.05. The van der Waals surface area contributed by atoms with Gasteiger partial charge >= 0.3 is 0 Å². The Hall–Kier alpha value is -2.13. The molecule has 1 fully saturated rings. The molecular formula is C21H24N2O. The van der Waals surface area contributed by atoms with E-state index < -0.39 is 0 Å². The quantitative estimate of drug-likeness (QED) is 0.940. The third kappa shape index (κ3) is 2.84. The Morgan fingerprint density at radius 2 is 1.67 bits per heavy atom. The maximum Gasteiger partial charge on any atom is 0.252 e. The van der Waals surface area contributed by atoms with E-state index in [2.05, 4.69) is 34.5 Å². The van der Waals surface area contributed by atoms with Gasteiger partial charge in [-0.2, -0.15) is 0 Å². The summed E-state index contributed by atoms with van der Waals surface area (Å²) in [6, 6.07) is 18.4. The average molecular weight is 320 g/mol. The Morgan fingerprint density at radius 1 is 0.958 bits per heavy atom. The molecular weight excluding hydrogens is 296 g/mol. The predicted octanol–water partition coefficient (Wildman–Crippen LogP) is 3.35. The molecule has 2 aromatic rings. The lowest BCUT2D eigenvalue weighted by Crippen LogP contribution is -2.46. The summed E-state index contributed by atoms with van der Waals surface area (Å²) in [4.78, 5) is 14.5. The van der Waals surface area contributed by atoms with Crippen molar-refractivity contribution in [3.63, 3.8) is 0 Å². The molecule has 0 unspecified atom stereocenters. The molecule has 0 saturated carbocycles. The highest BCUT2D eigenvalue weighted by molar-refractivity contribution is 5.94. The van der Waals surface area contributed by atoms with Crippen LogP contribution in [-0.2, 0) is 11.8 Å². The molecule has 1 aliphatic carbocycles. The maximum absolute atomic E-state index is 12.2. The molecule has 3 heteroatoms. The van der Waals surface area contributed by atoms with Crippen molar-refractivity contribution in [3.05, 3.63) is 71.3 Å². The molecule has 0 radical (unpaired) electrons. The van der Waals surface area contributed by atoms with E-state index in [1.807, 2.05) is 30.3 Å². The van der Waals surface area contributed by atoms with Gasteiger partial charge in [0.2, 0.25) is 0 Å². The largest absolute Gasteiger partial charge is 0.339 e. The van der Waals surface area contributed by atoms with Crippen LogP contribution in [0.5, 0.6) is 0 Å². The topological polar surface area (TPSA) is 32.3 Å². The number of aryl methyl sites for hydroxylation is 1. The van der Waals surface area contributed by atoms with Gasteiger partial charge in [-0.15, -0.1) is 0 Å². The van der Waals surface area contributed by atoms with Gasteiger partial charge in [-0.1, -0.05) is 42.5 Å². The number of piperidine rings is 1. The SMILES string of the molecule is O=C(NCN1CCC2(CCc3ccccc32)CC1)c1ccccc1. The normalized spacial score (nSPS) is 19.2. The van der Waals surface area contributed by atoms with Crippen molar-refractivity contribution in [1.82, 2.24) is 10.2 Å². The number of hydrogen-bond donors (Lipinski definition) is 1. The number of nitrogens with zero attached hydrogens (tertiary/aromatic N) is 1. The van der Waals surface area contributed by atoms with Crippen LogP contribution in [0, 0.1) is 0 Å². The van der Waals surface area contributed by atoms with Crippen molar-refractivity contribution >= 4 is 5.91 Å². The van der Waals surface area contributed by atoms with Crippen LogP contribution in [0.15, 0.2) is 54.6 Å². The van der Waals surface area contributed by atoms with Gasteiger partial charge in [-0.3, -0.25) is 9.69 Å². The Balaban J connectivity index is 1.34.